The number of halogens is 14. The first-order chi connectivity index (χ1) is 15.0. The van der Waals surface area contributed by atoms with E-state index in [1.165, 1.54) is 0 Å². The third kappa shape index (κ3) is 5.81. The molecule has 1 aromatic rings. The highest BCUT2D eigenvalue weighted by Crippen LogP contribution is 2.47. The quantitative estimate of drug-likeness (QED) is 0.322. The second-order valence-corrected chi connectivity index (χ2v) is 6.28. The average molecular weight is 530 g/mol. The third-order valence-corrected chi connectivity index (χ3v) is 3.76. The summed E-state index contributed by atoms with van der Waals surface area (Å²) in [6.45, 7) is -5.46. The Morgan fingerprint density at radius 3 is 0.971 bits per heavy atom. The Morgan fingerprint density at radius 1 is 0.529 bits per heavy atom. The maximum atomic E-state index is 13.1. The molecule has 0 bridgehead atoms. The molecule has 0 spiro atoms. The van der Waals surface area contributed by atoms with Gasteiger partial charge in [0.2, 0.25) is 0 Å². The van der Waals surface area contributed by atoms with Gasteiger partial charge in [-0.2, -0.15) is 61.5 Å². The Kier molecular flexibility index (Phi) is 7.81. The predicted molar refractivity (Wildman–Crippen MR) is 78.9 cm³/mol. The van der Waals surface area contributed by atoms with Gasteiger partial charge in [-0.25, -0.2) is 9.59 Å². The van der Waals surface area contributed by atoms with Crippen molar-refractivity contribution in [2.24, 2.45) is 0 Å². The lowest BCUT2D eigenvalue weighted by atomic mass is 10.1. The standard InChI is InChI=1S/C16H8F14O4/c17-11(18,13(21,22)15(25,26)27)5-33-9(31)7-1-2-8(4-3-7)10(32)34-6-12(19,20)14(23,24)16(28,29)30/h1-4H,5-6H2. The summed E-state index contributed by atoms with van der Waals surface area (Å²) >= 11 is 0. The Balaban J connectivity index is 2.82. The van der Waals surface area contributed by atoms with Crippen molar-refractivity contribution in [1.29, 1.82) is 0 Å². The van der Waals surface area contributed by atoms with E-state index in [-0.39, 0.29) is 0 Å². The van der Waals surface area contributed by atoms with E-state index in [0.29, 0.717) is 24.3 Å². The van der Waals surface area contributed by atoms with Gasteiger partial charge in [0.1, 0.15) is 0 Å². The molecule has 4 nitrogen and oxygen atoms in total. The second kappa shape index (κ2) is 9.09. The van der Waals surface area contributed by atoms with E-state index < -0.39 is 72.3 Å². The molecular weight excluding hydrogens is 522 g/mol. The zero-order valence-electron chi connectivity index (χ0n) is 15.6. The van der Waals surface area contributed by atoms with Crippen molar-refractivity contribution >= 4 is 11.9 Å². The minimum Gasteiger partial charge on any atom is -0.455 e. The first-order valence-electron chi connectivity index (χ1n) is 8.07. The number of alkyl halides is 14. The summed E-state index contributed by atoms with van der Waals surface area (Å²) in [5.74, 6) is -28.7. The lowest BCUT2D eigenvalue weighted by Crippen LogP contribution is -2.54. The number of benzene rings is 1. The molecule has 0 amide bonds. The van der Waals surface area contributed by atoms with Crippen LogP contribution in [0.15, 0.2) is 24.3 Å². The van der Waals surface area contributed by atoms with Crippen LogP contribution in [0.25, 0.3) is 0 Å². The molecule has 194 valence electrons. The summed E-state index contributed by atoms with van der Waals surface area (Å²) < 4.78 is 183. The molecule has 0 N–H and O–H groups in total. The Morgan fingerprint density at radius 2 is 0.765 bits per heavy atom. The van der Waals surface area contributed by atoms with E-state index in [1.54, 1.807) is 0 Å². The van der Waals surface area contributed by atoms with Gasteiger partial charge in [-0.1, -0.05) is 0 Å². The lowest BCUT2D eigenvalue weighted by Gasteiger charge is -2.27. The number of esters is 2. The molecule has 0 aliphatic rings. The highest BCUT2D eigenvalue weighted by Gasteiger charge is 2.74. The SMILES string of the molecule is O=C(OCC(F)(F)C(F)(F)C(F)(F)F)c1ccc(C(=O)OCC(F)(F)C(F)(F)C(F)(F)F)cc1. The third-order valence-electron chi connectivity index (χ3n) is 3.76. The minimum absolute atomic E-state index is 0.460. The van der Waals surface area contributed by atoms with Crippen LogP contribution in [-0.4, -0.2) is 61.2 Å². The van der Waals surface area contributed by atoms with Gasteiger partial charge in [0.15, 0.2) is 13.2 Å². The molecule has 0 saturated carbocycles. The number of ether oxygens (including phenoxy) is 2. The maximum absolute atomic E-state index is 13.1. The van der Waals surface area contributed by atoms with Crippen LogP contribution in [0, 0.1) is 0 Å². The van der Waals surface area contributed by atoms with Crippen LogP contribution in [0.4, 0.5) is 61.5 Å². The summed E-state index contributed by atoms with van der Waals surface area (Å²) in [4.78, 5) is 23.0. The topological polar surface area (TPSA) is 52.6 Å². The van der Waals surface area contributed by atoms with Gasteiger partial charge in [-0.3, -0.25) is 0 Å². The van der Waals surface area contributed by atoms with Crippen LogP contribution >= 0.6 is 0 Å². The van der Waals surface area contributed by atoms with Crippen molar-refractivity contribution < 1.29 is 80.5 Å². The molecule has 0 aliphatic carbocycles. The van der Waals surface area contributed by atoms with Crippen LogP contribution in [0.3, 0.4) is 0 Å². The monoisotopic (exact) mass is 530 g/mol. The summed E-state index contributed by atoms with van der Waals surface area (Å²) in [5, 5.41) is 0. The van der Waals surface area contributed by atoms with Gasteiger partial charge >= 0.3 is 48.0 Å². The number of carbonyl (C=O) groups excluding carboxylic acids is 2. The lowest BCUT2D eigenvalue weighted by molar-refractivity contribution is -0.359. The van der Waals surface area contributed by atoms with Gasteiger partial charge < -0.3 is 9.47 Å². The van der Waals surface area contributed by atoms with Crippen molar-refractivity contribution in [3.05, 3.63) is 35.4 Å². The Bertz CT molecular complexity index is 813. The van der Waals surface area contributed by atoms with Crippen LogP contribution < -0.4 is 0 Å². The summed E-state index contributed by atoms with van der Waals surface area (Å²) in [7, 11) is 0. The van der Waals surface area contributed by atoms with Crippen LogP contribution in [0.5, 0.6) is 0 Å². The largest absolute Gasteiger partial charge is 0.460 e. The highest BCUT2D eigenvalue weighted by atomic mass is 19.4. The second-order valence-electron chi connectivity index (χ2n) is 6.28. The average Bonchev–Trinajstić information content (AvgIpc) is 2.68. The van der Waals surface area contributed by atoms with Gasteiger partial charge in [0.05, 0.1) is 11.1 Å². The molecule has 0 unspecified atom stereocenters. The summed E-state index contributed by atoms with van der Waals surface area (Å²) in [6.07, 6.45) is -13.4. The zero-order valence-corrected chi connectivity index (χ0v) is 15.6. The van der Waals surface area contributed by atoms with E-state index >= 15 is 0 Å². The van der Waals surface area contributed by atoms with Crippen molar-refractivity contribution in [1.82, 2.24) is 0 Å². The molecule has 1 rings (SSSR count). The molecule has 0 aromatic heterocycles. The van der Waals surface area contributed by atoms with Gasteiger partial charge in [-0.05, 0) is 24.3 Å². The number of hydrogen-bond donors (Lipinski definition) is 0. The summed E-state index contributed by atoms with van der Waals surface area (Å²) in [6, 6.07) is 1.84. The first-order valence-corrected chi connectivity index (χ1v) is 8.07. The number of hydrogen-bond acceptors (Lipinski definition) is 4. The molecule has 0 heterocycles. The number of rotatable bonds is 8. The molecule has 0 aliphatic heterocycles. The van der Waals surface area contributed by atoms with Gasteiger partial charge in [0, 0.05) is 0 Å². The van der Waals surface area contributed by atoms with Crippen molar-refractivity contribution in [2.75, 3.05) is 13.2 Å². The highest BCUT2D eigenvalue weighted by molar-refractivity contribution is 5.93. The molecule has 0 fully saturated rings. The summed E-state index contributed by atoms with van der Waals surface area (Å²) in [5.41, 5.74) is -1.70. The van der Waals surface area contributed by atoms with E-state index in [2.05, 4.69) is 9.47 Å². The van der Waals surface area contributed by atoms with Gasteiger partial charge in [0.25, 0.3) is 0 Å². The van der Waals surface area contributed by atoms with Crippen molar-refractivity contribution in [3.8, 4) is 0 Å². The molecule has 0 radical (unpaired) electrons. The fourth-order valence-electron chi connectivity index (χ4n) is 1.82. The molecule has 0 atom stereocenters. The van der Waals surface area contributed by atoms with Gasteiger partial charge in [-0.15, -0.1) is 0 Å². The molecule has 18 heteroatoms. The molecule has 0 saturated heterocycles. The fourth-order valence-corrected chi connectivity index (χ4v) is 1.82. The zero-order chi connectivity index (χ0) is 27.0. The van der Waals surface area contributed by atoms with Crippen molar-refractivity contribution in [2.45, 2.75) is 36.0 Å². The van der Waals surface area contributed by atoms with E-state index in [1.807, 2.05) is 0 Å². The molecular formula is C16H8F14O4. The van der Waals surface area contributed by atoms with E-state index in [4.69, 9.17) is 0 Å². The van der Waals surface area contributed by atoms with E-state index in [0.717, 1.165) is 0 Å². The van der Waals surface area contributed by atoms with Crippen LogP contribution in [0.2, 0.25) is 0 Å². The minimum atomic E-state index is -6.69. The van der Waals surface area contributed by atoms with E-state index in [9.17, 15) is 71.1 Å². The van der Waals surface area contributed by atoms with Crippen molar-refractivity contribution in [3.63, 3.8) is 0 Å². The Hall–Kier alpha value is -2.82. The smallest absolute Gasteiger partial charge is 0.455 e. The molecule has 34 heavy (non-hydrogen) atoms. The number of carbonyl (C=O) groups is 2. The maximum Gasteiger partial charge on any atom is 0.460 e. The molecule has 1 aromatic carbocycles. The Labute approximate surface area is 178 Å². The van der Waals surface area contributed by atoms with Crippen LogP contribution in [0.1, 0.15) is 20.7 Å². The fraction of sp³-hybridized carbons (Fsp3) is 0.500. The first kappa shape index (κ1) is 29.2. The van der Waals surface area contributed by atoms with Crippen LogP contribution in [-0.2, 0) is 9.47 Å². The normalized spacial score (nSPS) is 14.1. The predicted octanol–water partition coefficient (Wildman–Crippen LogP) is 5.67.